The number of alkyl carbamates (subject to hydrolysis) is 1. The number of aliphatic hydroxyl groups is 1. The molecule has 0 unspecified atom stereocenters. The van der Waals surface area contributed by atoms with E-state index in [4.69, 9.17) is 26.4 Å². The molecule has 0 bridgehead atoms. The summed E-state index contributed by atoms with van der Waals surface area (Å²) in [5.41, 5.74) is 11.6. The number of aliphatic hydroxyl groups excluding tert-OH is 1. The van der Waals surface area contributed by atoms with Crippen molar-refractivity contribution in [3.63, 3.8) is 0 Å². The van der Waals surface area contributed by atoms with Crippen molar-refractivity contribution >= 4 is 53.0 Å². The highest BCUT2D eigenvalue weighted by molar-refractivity contribution is 7.09. The predicted octanol–water partition coefficient (Wildman–Crippen LogP) is 2.73. The molecule has 0 radical (unpaired) electrons. The van der Waals surface area contributed by atoms with E-state index in [-0.39, 0.29) is 44.1 Å². The van der Waals surface area contributed by atoms with Gasteiger partial charge in [0.05, 0.1) is 31.7 Å². The summed E-state index contributed by atoms with van der Waals surface area (Å²) in [5, 5.41) is 31.7. The van der Waals surface area contributed by atoms with E-state index >= 15 is 0 Å². The Hall–Kier alpha value is -5.07. The van der Waals surface area contributed by atoms with Crippen molar-refractivity contribution in [2.24, 2.45) is 23.3 Å². The fourth-order valence-corrected chi connectivity index (χ4v) is 7.14. The van der Waals surface area contributed by atoms with Gasteiger partial charge in [0.1, 0.15) is 23.7 Å². The van der Waals surface area contributed by atoms with Gasteiger partial charge in [-0.2, -0.15) is 0 Å². The number of thiophene rings is 1. The lowest BCUT2D eigenvalue weighted by atomic mass is 9.92. The third-order valence-electron chi connectivity index (χ3n) is 9.55. The minimum atomic E-state index is -1.65. The summed E-state index contributed by atoms with van der Waals surface area (Å²) in [6.07, 6.45) is -2.13. The maximum absolute atomic E-state index is 14.9. The second kappa shape index (κ2) is 24.9. The molecule has 0 aliphatic rings. The van der Waals surface area contributed by atoms with Crippen LogP contribution >= 0.6 is 11.3 Å². The number of guanidine groups is 1. The molecule has 334 valence electrons. The van der Waals surface area contributed by atoms with Crippen molar-refractivity contribution in [3.8, 4) is 0 Å². The third kappa shape index (κ3) is 17.6. The van der Waals surface area contributed by atoms with Gasteiger partial charge in [0, 0.05) is 24.3 Å². The molecular weight excluding hydrogens is 793 g/mol. The Kier molecular flexibility index (Phi) is 21.2. The summed E-state index contributed by atoms with van der Waals surface area (Å²) >= 11 is 1.38. The predicted molar refractivity (Wildman–Crippen MR) is 230 cm³/mol. The zero-order valence-electron chi connectivity index (χ0n) is 36.1. The van der Waals surface area contributed by atoms with Crippen LogP contribution in [0.4, 0.5) is 4.79 Å². The van der Waals surface area contributed by atoms with Gasteiger partial charge in [-0.25, -0.2) is 9.59 Å². The fraction of sp³-hybridized carbons (Fsp3) is 0.595. The highest BCUT2D eigenvalue weighted by atomic mass is 32.1. The van der Waals surface area contributed by atoms with Crippen LogP contribution < -0.4 is 32.7 Å². The minimum absolute atomic E-state index is 0.0423. The van der Waals surface area contributed by atoms with Crippen LogP contribution in [0.2, 0.25) is 0 Å². The Morgan fingerprint density at radius 1 is 0.933 bits per heavy atom. The lowest BCUT2D eigenvalue weighted by molar-refractivity contribution is -0.154. The molecule has 5 amide bonds. The highest BCUT2D eigenvalue weighted by Gasteiger charge is 2.42. The van der Waals surface area contributed by atoms with E-state index in [0.29, 0.717) is 18.4 Å². The number of hydrogen-bond donors (Lipinski definition) is 8. The van der Waals surface area contributed by atoms with Gasteiger partial charge in [-0.05, 0) is 68.9 Å². The van der Waals surface area contributed by atoms with E-state index in [9.17, 15) is 33.9 Å². The van der Waals surface area contributed by atoms with Crippen molar-refractivity contribution in [1.29, 1.82) is 5.41 Å². The van der Waals surface area contributed by atoms with Gasteiger partial charge < -0.3 is 47.3 Å². The molecule has 1 aromatic heterocycles. The van der Waals surface area contributed by atoms with Crippen LogP contribution in [0.25, 0.3) is 0 Å². The number of carbonyl (C=O) groups is 6. The number of nitrogens with one attached hydrogen (secondary N) is 5. The van der Waals surface area contributed by atoms with Crippen LogP contribution in [0.5, 0.6) is 0 Å². The first-order valence-electron chi connectivity index (χ1n) is 20.3. The number of imide groups is 1. The molecule has 0 fully saturated rings. The van der Waals surface area contributed by atoms with Crippen LogP contribution in [0, 0.1) is 17.2 Å². The number of benzene rings is 1. The van der Waals surface area contributed by atoms with E-state index in [0.717, 1.165) is 9.78 Å². The first-order chi connectivity index (χ1) is 28.2. The SMILES string of the molecule is CC[C@H](C)[C@H](NC(=O)C[C@H](O)[C@H](CC(C)C)N(C(=O)[C@H](Cc1ccccc1)NC(=O)OC(C)(C)C)C(=O)[C@@H](N)Cc1cccs1)C(=O)N[C@@H](CCCNC(=N)N)C(=O)OC. The van der Waals surface area contributed by atoms with Crippen LogP contribution in [0.3, 0.4) is 0 Å². The first kappa shape index (κ1) is 51.1. The second-order valence-corrected chi connectivity index (χ2v) is 17.3. The van der Waals surface area contributed by atoms with Crippen molar-refractivity contribution in [2.75, 3.05) is 13.7 Å². The van der Waals surface area contributed by atoms with Gasteiger partial charge in [0.25, 0.3) is 5.91 Å². The lowest BCUT2D eigenvalue weighted by Gasteiger charge is -2.38. The number of carbonyl (C=O) groups excluding carboxylic acids is 6. The van der Waals surface area contributed by atoms with Gasteiger partial charge in [-0.15, -0.1) is 11.3 Å². The molecule has 17 nitrogen and oxygen atoms in total. The molecule has 10 N–H and O–H groups in total. The molecular formula is C42H66N8O9S. The van der Waals surface area contributed by atoms with E-state index in [1.165, 1.54) is 18.4 Å². The highest BCUT2D eigenvalue weighted by Crippen LogP contribution is 2.23. The molecule has 0 aliphatic carbocycles. The quantitative estimate of drug-likeness (QED) is 0.0347. The summed E-state index contributed by atoms with van der Waals surface area (Å²) in [5.74, 6) is -4.67. The normalized spacial score (nSPS) is 14.9. The standard InChI is InChI=1S/C42H66N8O9S/c1-9-26(4)35(36(53)47-30(39(56)58-8)18-13-19-46-40(44)45)49-34(52)24-33(51)32(21-25(2)3)50(37(54)29(43)23-28-17-14-20-60-28)38(55)31(22-27-15-11-10-12-16-27)48-41(57)59-42(5,6)7/h10-12,14-17,20,25-26,29-33,35,51H,9,13,18-19,21-24,43H2,1-8H3,(H,47,53)(H,48,57)(H,49,52)(H4,44,45,46)/t26-,29-,30-,31-,32-,33-,35-/m0/s1. The average molecular weight is 859 g/mol. The molecule has 2 aromatic rings. The Balaban J connectivity index is 2.53. The van der Waals surface area contributed by atoms with Crippen LogP contribution in [-0.2, 0) is 46.3 Å². The molecule has 2 rings (SSSR count). The largest absolute Gasteiger partial charge is 0.467 e. The Bertz CT molecular complexity index is 1700. The zero-order chi connectivity index (χ0) is 45.2. The Labute approximate surface area is 357 Å². The molecule has 60 heavy (non-hydrogen) atoms. The number of esters is 1. The van der Waals surface area contributed by atoms with Gasteiger partial charge in [0.2, 0.25) is 17.7 Å². The van der Waals surface area contributed by atoms with E-state index in [2.05, 4.69) is 21.3 Å². The van der Waals surface area contributed by atoms with Crippen LogP contribution in [-0.4, -0.2) is 107 Å². The summed E-state index contributed by atoms with van der Waals surface area (Å²) in [7, 11) is 1.18. The number of rotatable bonds is 23. The van der Waals surface area contributed by atoms with E-state index < -0.39 is 89.9 Å². The maximum atomic E-state index is 14.9. The molecule has 0 aliphatic heterocycles. The number of hydrogen-bond acceptors (Lipinski definition) is 12. The van der Waals surface area contributed by atoms with Crippen molar-refractivity contribution < 1.29 is 43.3 Å². The molecule has 0 saturated heterocycles. The van der Waals surface area contributed by atoms with Gasteiger partial charge in [-0.1, -0.05) is 70.5 Å². The second-order valence-electron chi connectivity index (χ2n) is 16.3. The van der Waals surface area contributed by atoms with Crippen molar-refractivity contribution in [2.45, 2.75) is 135 Å². The van der Waals surface area contributed by atoms with Gasteiger partial charge in [0.15, 0.2) is 5.96 Å². The fourth-order valence-electron chi connectivity index (χ4n) is 6.37. The zero-order valence-corrected chi connectivity index (χ0v) is 36.9. The molecule has 18 heteroatoms. The lowest BCUT2D eigenvalue weighted by Crippen LogP contribution is -2.61. The van der Waals surface area contributed by atoms with E-state index in [1.54, 1.807) is 64.1 Å². The number of nitrogens with zero attached hydrogens (tertiary/aromatic N) is 1. The Morgan fingerprint density at radius 2 is 1.60 bits per heavy atom. The average Bonchev–Trinajstić information content (AvgIpc) is 3.69. The third-order valence-corrected chi connectivity index (χ3v) is 10.4. The first-order valence-corrected chi connectivity index (χ1v) is 21.2. The van der Waals surface area contributed by atoms with Gasteiger partial charge in [-0.3, -0.25) is 29.5 Å². The maximum Gasteiger partial charge on any atom is 0.408 e. The summed E-state index contributed by atoms with van der Waals surface area (Å²) in [4.78, 5) is 84.4. The number of methoxy groups -OCH3 is 1. The van der Waals surface area contributed by atoms with E-state index in [1.807, 2.05) is 32.2 Å². The number of amides is 5. The molecule has 1 heterocycles. The summed E-state index contributed by atoms with van der Waals surface area (Å²) in [6, 6.07) is 6.38. The Morgan fingerprint density at radius 3 is 2.15 bits per heavy atom. The number of nitrogens with two attached hydrogens (primary N) is 2. The monoisotopic (exact) mass is 858 g/mol. The minimum Gasteiger partial charge on any atom is -0.467 e. The number of ether oxygens (including phenoxy) is 2. The molecule has 1 aromatic carbocycles. The van der Waals surface area contributed by atoms with Crippen molar-refractivity contribution in [1.82, 2.24) is 26.2 Å². The molecule has 0 saturated carbocycles. The summed E-state index contributed by atoms with van der Waals surface area (Å²) in [6.45, 7) is 12.5. The summed E-state index contributed by atoms with van der Waals surface area (Å²) < 4.78 is 10.4. The van der Waals surface area contributed by atoms with Crippen LogP contribution in [0.1, 0.15) is 91.0 Å². The molecule has 0 spiro atoms. The topological polar surface area (TPSA) is 268 Å². The smallest absolute Gasteiger partial charge is 0.408 e. The van der Waals surface area contributed by atoms with Gasteiger partial charge >= 0.3 is 12.1 Å². The van der Waals surface area contributed by atoms with Crippen molar-refractivity contribution in [3.05, 3.63) is 58.3 Å². The van der Waals surface area contributed by atoms with Crippen LogP contribution in [0.15, 0.2) is 47.8 Å². The molecule has 7 atom stereocenters.